The lowest BCUT2D eigenvalue weighted by Crippen LogP contribution is -2.46. The minimum Gasteiger partial charge on any atom is -0.382 e. The maximum atomic E-state index is 12.5. The molecular formula is C23H30BrN7O4S. The van der Waals surface area contributed by atoms with E-state index in [0.717, 1.165) is 5.75 Å². The highest BCUT2D eigenvalue weighted by atomic mass is 79.9. The monoisotopic (exact) mass is 579 g/mol. The van der Waals surface area contributed by atoms with Crippen LogP contribution >= 0.6 is 27.7 Å². The van der Waals surface area contributed by atoms with Gasteiger partial charge in [0.25, 0.3) is 0 Å². The molecule has 0 spiro atoms. The summed E-state index contributed by atoms with van der Waals surface area (Å²) in [6, 6.07) is 7.16. The van der Waals surface area contributed by atoms with Crippen LogP contribution in [0.25, 0.3) is 0 Å². The van der Waals surface area contributed by atoms with Gasteiger partial charge in [-0.25, -0.2) is 4.98 Å². The molecule has 0 bridgehead atoms. The number of anilines is 4. The van der Waals surface area contributed by atoms with Crippen LogP contribution in [0, 0.1) is 11.3 Å². The summed E-state index contributed by atoms with van der Waals surface area (Å²) in [7, 11) is 0. The predicted molar refractivity (Wildman–Crippen MR) is 144 cm³/mol. The molecule has 3 rings (SSSR count). The number of aromatic nitrogens is 2. The second kappa shape index (κ2) is 12.4. The minimum atomic E-state index is -1.26. The fourth-order valence-corrected chi connectivity index (χ4v) is 4.71. The Morgan fingerprint density at radius 3 is 2.69 bits per heavy atom. The van der Waals surface area contributed by atoms with Gasteiger partial charge < -0.3 is 32.1 Å². The normalized spacial score (nSPS) is 17.3. The Labute approximate surface area is 221 Å². The van der Waals surface area contributed by atoms with Crippen LogP contribution in [0.1, 0.15) is 26.7 Å². The number of nitrogens with two attached hydrogens (primary N) is 1. The molecule has 1 aliphatic rings. The first kappa shape index (κ1) is 27.7. The van der Waals surface area contributed by atoms with Gasteiger partial charge in [-0.2, -0.15) is 4.98 Å². The Bertz CT molecular complexity index is 1120. The number of hydrogen-bond acceptors (Lipinski definition) is 9. The molecule has 2 heterocycles. The fourth-order valence-electron chi connectivity index (χ4n) is 3.26. The van der Waals surface area contributed by atoms with Gasteiger partial charge in [0.2, 0.25) is 23.7 Å². The third kappa shape index (κ3) is 7.31. The highest BCUT2D eigenvalue weighted by molar-refractivity contribution is 9.10. The molecule has 1 aromatic heterocycles. The van der Waals surface area contributed by atoms with Crippen molar-refractivity contribution >= 4 is 68.6 Å². The predicted octanol–water partition coefficient (Wildman–Crippen LogP) is 2.42. The maximum Gasteiger partial charge on any atom is 0.235 e. The summed E-state index contributed by atoms with van der Waals surface area (Å²) in [5.74, 6) is -0.0374. The van der Waals surface area contributed by atoms with E-state index in [4.69, 9.17) is 5.73 Å². The third-order valence-corrected chi connectivity index (χ3v) is 7.37. The van der Waals surface area contributed by atoms with E-state index in [-0.39, 0.29) is 5.91 Å². The highest BCUT2D eigenvalue weighted by Crippen LogP contribution is 2.31. The number of primary amides is 1. The zero-order chi connectivity index (χ0) is 26.3. The summed E-state index contributed by atoms with van der Waals surface area (Å²) in [6.07, 6.45) is 2.85. The van der Waals surface area contributed by atoms with Crippen molar-refractivity contribution in [2.75, 3.05) is 34.8 Å². The van der Waals surface area contributed by atoms with Crippen molar-refractivity contribution in [3.05, 3.63) is 34.9 Å². The van der Waals surface area contributed by atoms with Gasteiger partial charge in [0.05, 0.1) is 10.4 Å². The molecule has 2 unspecified atom stereocenters. The van der Waals surface area contributed by atoms with Gasteiger partial charge in [0, 0.05) is 30.7 Å². The number of amides is 3. The lowest BCUT2D eigenvalue weighted by atomic mass is 9.91. The molecule has 0 aliphatic carbocycles. The molecular weight excluding hydrogens is 550 g/mol. The number of rotatable bonds is 11. The molecule has 1 fully saturated rings. The Morgan fingerprint density at radius 2 is 2.00 bits per heavy atom. The quantitative estimate of drug-likeness (QED) is 0.173. The number of aliphatic hydroxyl groups is 1. The summed E-state index contributed by atoms with van der Waals surface area (Å²) >= 11 is 4.80. The van der Waals surface area contributed by atoms with E-state index in [9.17, 15) is 19.5 Å². The summed E-state index contributed by atoms with van der Waals surface area (Å²) in [5, 5.41) is 21.8. The summed E-state index contributed by atoms with van der Waals surface area (Å²) in [6.45, 7) is 3.85. The second-order valence-electron chi connectivity index (χ2n) is 8.77. The number of nitrogens with zero attached hydrogens (tertiary/aromatic N) is 2. The largest absolute Gasteiger partial charge is 0.382 e. The smallest absolute Gasteiger partial charge is 0.235 e. The first-order valence-corrected chi connectivity index (χ1v) is 13.2. The molecule has 36 heavy (non-hydrogen) atoms. The third-order valence-electron chi connectivity index (χ3n) is 5.64. The van der Waals surface area contributed by atoms with E-state index in [1.54, 1.807) is 24.4 Å². The van der Waals surface area contributed by atoms with E-state index in [1.165, 1.54) is 25.6 Å². The number of carbonyl (C=O) groups excluding carboxylic acids is 3. The molecule has 11 nitrogen and oxygen atoms in total. The summed E-state index contributed by atoms with van der Waals surface area (Å²) < 4.78 is 0.668. The molecule has 0 saturated carbocycles. The van der Waals surface area contributed by atoms with Crippen molar-refractivity contribution in [3.63, 3.8) is 0 Å². The van der Waals surface area contributed by atoms with E-state index in [2.05, 4.69) is 47.2 Å². The number of carbonyl (C=O) groups is 3. The second-order valence-corrected chi connectivity index (χ2v) is 10.8. The zero-order valence-corrected chi connectivity index (χ0v) is 22.4. The average molecular weight is 581 g/mol. The van der Waals surface area contributed by atoms with Crippen molar-refractivity contribution in [3.8, 4) is 0 Å². The minimum absolute atomic E-state index is 0.203. The number of thioether (sulfide) groups is 1. The Kier molecular flexibility index (Phi) is 9.51. The van der Waals surface area contributed by atoms with E-state index in [0.29, 0.717) is 53.5 Å². The number of halogens is 1. The maximum absolute atomic E-state index is 12.5. The number of nitrogens with one attached hydrogen (secondary N) is 4. The molecule has 7 N–H and O–H groups in total. The van der Waals surface area contributed by atoms with Gasteiger partial charge in [-0.3, -0.25) is 14.4 Å². The molecule has 13 heteroatoms. The van der Waals surface area contributed by atoms with Crippen molar-refractivity contribution in [1.29, 1.82) is 0 Å². The fraction of sp³-hybridized carbons (Fsp3) is 0.435. The molecule has 1 aromatic carbocycles. The lowest BCUT2D eigenvalue weighted by Gasteiger charge is -2.19. The zero-order valence-electron chi connectivity index (χ0n) is 20.0. The van der Waals surface area contributed by atoms with Crippen LogP contribution in [0.2, 0.25) is 0 Å². The SMILES string of the molecule is CC(C)(C(N)=O)C(=O)NCCCNc1nc(Nc2cccc(NC(=O)C3CCSC3O)c2)ncc1Br. The van der Waals surface area contributed by atoms with Crippen molar-refractivity contribution in [2.45, 2.75) is 32.1 Å². The standard InChI is InChI=1S/C23H30BrN7O4S/c1-23(2,20(25)34)21(35)27-9-4-8-26-17-16(24)12-28-22(31-17)30-14-6-3-5-13(11-14)29-18(32)15-7-10-36-19(15)33/h3,5-6,11-12,15,19,33H,4,7-10H2,1-2H3,(H2,25,34)(H,27,35)(H,29,32)(H2,26,28,30,31). The van der Waals surface area contributed by atoms with E-state index < -0.39 is 28.6 Å². The molecule has 2 aromatic rings. The van der Waals surface area contributed by atoms with Crippen LogP contribution in [-0.4, -0.2) is 57.1 Å². The molecule has 194 valence electrons. The molecule has 1 aliphatic heterocycles. The first-order valence-electron chi connectivity index (χ1n) is 11.4. The molecule has 1 saturated heterocycles. The van der Waals surface area contributed by atoms with Gasteiger partial charge in [-0.15, -0.1) is 11.8 Å². The van der Waals surface area contributed by atoms with Crippen molar-refractivity contribution in [2.24, 2.45) is 17.1 Å². The molecule has 2 atom stereocenters. The van der Waals surface area contributed by atoms with Crippen LogP contribution in [0.3, 0.4) is 0 Å². The van der Waals surface area contributed by atoms with Gasteiger partial charge >= 0.3 is 0 Å². The Morgan fingerprint density at radius 1 is 1.25 bits per heavy atom. The van der Waals surface area contributed by atoms with Crippen LogP contribution in [0.5, 0.6) is 0 Å². The summed E-state index contributed by atoms with van der Waals surface area (Å²) in [5.41, 5.74) is 4.61. The van der Waals surface area contributed by atoms with Crippen molar-refractivity contribution in [1.82, 2.24) is 15.3 Å². The van der Waals surface area contributed by atoms with Crippen LogP contribution in [0.15, 0.2) is 34.9 Å². The van der Waals surface area contributed by atoms with Crippen molar-refractivity contribution < 1.29 is 19.5 Å². The summed E-state index contributed by atoms with van der Waals surface area (Å²) in [4.78, 5) is 44.6. The van der Waals surface area contributed by atoms with Gasteiger partial charge in [0.15, 0.2) is 0 Å². The average Bonchev–Trinajstić information content (AvgIpc) is 3.26. The van der Waals surface area contributed by atoms with E-state index in [1.807, 2.05) is 6.07 Å². The topological polar surface area (TPSA) is 171 Å². The van der Waals surface area contributed by atoms with Crippen LogP contribution in [-0.2, 0) is 14.4 Å². The van der Waals surface area contributed by atoms with Gasteiger partial charge in [0.1, 0.15) is 16.7 Å². The molecule has 3 amide bonds. The number of hydrogen-bond donors (Lipinski definition) is 6. The van der Waals surface area contributed by atoms with Gasteiger partial charge in [-0.1, -0.05) is 6.07 Å². The number of aliphatic hydroxyl groups excluding tert-OH is 1. The highest BCUT2D eigenvalue weighted by Gasteiger charge is 2.33. The van der Waals surface area contributed by atoms with Crippen LogP contribution in [0.4, 0.5) is 23.1 Å². The van der Waals surface area contributed by atoms with Crippen LogP contribution < -0.4 is 27.0 Å². The first-order chi connectivity index (χ1) is 17.1. The Balaban J connectivity index is 1.52. The van der Waals surface area contributed by atoms with Gasteiger partial charge in [-0.05, 0) is 66.6 Å². The Hall–Kier alpha value is -2.90. The van der Waals surface area contributed by atoms with E-state index >= 15 is 0 Å². The molecule has 0 radical (unpaired) electrons. The number of benzene rings is 1. The lowest BCUT2D eigenvalue weighted by molar-refractivity contribution is -0.139.